The highest BCUT2D eigenvalue weighted by Gasteiger charge is 2.47. The van der Waals surface area contributed by atoms with Gasteiger partial charge in [0.15, 0.2) is 0 Å². The van der Waals surface area contributed by atoms with Crippen LogP contribution in [0.4, 0.5) is 5.69 Å². The molecule has 32 heavy (non-hydrogen) atoms. The molecule has 7 nitrogen and oxygen atoms in total. The Bertz CT molecular complexity index is 1300. The van der Waals surface area contributed by atoms with Gasteiger partial charge in [-0.05, 0) is 60.0 Å². The molecule has 0 bridgehead atoms. The summed E-state index contributed by atoms with van der Waals surface area (Å²) < 4.78 is 28.9. The summed E-state index contributed by atoms with van der Waals surface area (Å²) in [6.07, 6.45) is -0.264. The lowest BCUT2D eigenvalue weighted by Gasteiger charge is -2.26. The lowest BCUT2D eigenvalue weighted by molar-refractivity contribution is -0.122. The van der Waals surface area contributed by atoms with Gasteiger partial charge >= 0.3 is 0 Å². The highest BCUT2D eigenvalue weighted by atomic mass is 79.9. The Morgan fingerprint density at radius 2 is 1.78 bits per heavy atom. The van der Waals surface area contributed by atoms with E-state index in [1.807, 2.05) is 11.4 Å². The zero-order chi connectivity index (χ0) is 22.9. The number of carbonyl (C=O) groups is 2. The number of nitrogens with zero attached hydrogens (tertiary/aromatic N) is 3. The number of benzene rings is 2. The molecule has 1 fully saturated rings. The average molecular weight is 530 g/mol. The molecule has 1 saturated heterocycles. The predicted molar refractivity (Wildman–Crippen MR) is 123 cm³/mol. The maximum absolute atomic E-state index is 13.5. The van der Waals surface area contributed by atoms with Crippen LogP contribution in [0.25, 0.3) is 0 Å². The number of nitriles is 1. The zero-order valence-electron chi connectivity index (χ0n) is 16.5. The number of anilines is 1. The number of amides is 2. The van der Waals surface area contributed by atoms with Crippen molar-refractivity contribution < 1.29 is 18.0 Å². The Morgan fingerprint density at radius 1 is 1.09 bits per heavy atom. The van der Waals surface area contributed by atoms with Crippen molar-refractivity contribution in [3.8, 4) is 6.07 Å². The second-order valence-corrected chi connectivity index (χ2v) is 10.9. The van der Waals surface area contributed by atoms with Crippen LogP contribution in [0.15, 0.2) is 75.4 Å². The number of carbonyl (C=O) groups excluding carboxylic acids is 2. The highest BCUT2D eigenvalue weighted by molar-refractivity contribution is 9.10. The van der Waals surface area contributed by atoms with E-state index < -0.39 is 27.9 Å². The van der Waals surface area contributed by atoms with Crippen molar-refractivity contribution in [2.24, 2.45) is 0 Å². The molecule has 0 N–H and O–H groups in total. The van der Waals surface area contributed by atoms with Gasteiger partial charge in [-0.1, -0.05) is 22.0 Å². The van der Waals surface area contributed by atoms with Gasteiger partial charge in [-0.3, -0.25) is 9.59 Å². The number of thiophene rings is 1. The summed E-state index contributed by atoms with van der Waals surface area (Å²) in [7, 11) is -4.07. The minimum atomic E-state index is -4.07. The quantitative estimate of drug-likeness (QED) is 0.451. The molecule has 4 rings (SSSR count). The van der Waals surface area contributed by atoms with Crippen molar-refractivity contribution in [2.75, 3.05) is 4.90 Å². The van der Waals surface area contributed by atoms with Crippen molar-refractivity contribution in [1.29, 1.82) is 5.26 Å². The smallest absolute Gasteiger partial charge is 0.252 e. The largest absolute Gasteiger partial charge is 0.274 e. The summed E-state index contributed by atoms with van der Waals surface area (Å²) in [5.41, 5.74) is 0.695. The van der Waals surface area contributed by atoms with E-state index in [1.54, 1.807) is 24.3 Å². The first-order valence-corrected chi connectivity index (χ1v) is 12.6. The average Bonchev–Trinajstić information content (AvgIpc) is 3.40. The van der Waals surface area contributed by atoms with Gasteiger partial charge in [-0.25, -0.2) is 13.3 Å². The van der Waals surface area contributed by atoms with E-state index in [4.69, 9.17) is 5.26 Å². The molecular weight excluding hydrogens is 514 g/mol. The first-order chi connectivity index (χ1) is 15.3. The molecule has 1 aromatic heterocycles. The fourth-order valence-corrected chi connectivity index (χ4v) is 6.07. The topological polar surface area (TPSA) is 98.5 Å². The number of sulfonamides is 1. The van der Waals surface area contributed by atoms with E-state index in [0.29, 0.717) is 11.3 Å². The van der Waals surface area contributed by atoms with Crippen molar-refractivity contribution in [2.45, 2.75) is 23.9 Å². The number of hydrogen-bond donors (Lipinski definition) is 0. The zero-order valence-corrected chi connectivity index (χ0v) is 19.7. The summed E-state index contributed by atoms with van der Waals surface area (Å²) in [6, 6.07) is 16.6. The molecule has 2 heterocycles. The van der Waals surface area contributed by atoms with Gasteiger partial charge in [-0.2, -0.15) is 9.57 Å². The van der Waals surface area contributed by atoms with Crippen molar-refractivity contribution in [1.82, 2.24) is 4.31 Å². The highest BCUT2D eigenvalue weighted by Crippen LogP contribution is 2.31. The molecule has 10 heteroatoms. The third-order valence-corrected chi connectivity index (χ3v) is 8.30. The van der Waals surface area contributed by atoms with E-state index in [0.717, 1.165) is 18.6 Å². The number of rotatable bonds is 6. The third kappa shape index (κ3) is 4.25. The maximum atomic E-state index is 13.5. The number of hydrogen-bond acceptors (Lipinski definition) is 6. The van der Waals surface area contributed by atoms with Crippen molar-refractivity contribution >= 4 is 54.8 Å². The summed E-state index contributed by atoms with van der Waals surface area (Å²) in [6.45, 7) is -0.0268. The maximum Gasteiger partial charge on any atom is 0.252 e. The Morgan fingerprint density at radius 3 is 2.38 bits per heavy atom. The van der Waals surface area contributed by atoms with E-state index >= 15 is 0 Å². The van der Waals surface area contributed by atoms with Crippen LogP contribution in [0.3, 0.4) is 0 Å². The fraction of sp³-hybridized carbons (Fsp3) is 0.136. The molecular formula is C22H16BrN3O4S2. The Balaban J connectivity index is 1.72. The van der Waals surface area contributed by atoms with E-state index in [-0.39, 0.29) is 17.9 Å². The molecule has 1 unspecified atom stereocenters. The molecule has 0 spiro atoms. The van der Waals surface area contributed by atoms with Crippen molar-refractivity contribution in [3.63, 3.8) is 0 Å². The monoisotopic (exact) mass is 529 g/mol. The van der Waals surface area contributed by atoms with Crippen LogP contribution in [0.1, 0.15) is 16.9 Å². The number of halogens is 1. The van der Waals surface area contributed by atoms with Gasteiger partial charge in [0, 0.05) is 15.9 Å². The first-order valence-electron chi connectivity index (χ1n) is 9.48. The summed E-state index contributed by atoms with van der Waals surface area (Å²) >= 11 is 4.67. The van der Waals surface area contributed by atoms with Gasteiger partial charge < -0.3 is 0 Å². The SMILES string of the molecule is N#Cc1ccc(N2C(=O)CC(N(Cc3cccs3)S(=O)(=O)c3ccc(Br)cc3)C2=O)cc1. The molecule has 2 aromatic carbocycles. The Kier molecular flexibility index (Phi) is 6.26. The van der Waals surface area contributed by atoms with E-state index in [1.165, 1.54) is 47.7 Å². The van der Waals surface area contributed by atoms with Crippen LogP contribution in [0.5, 0.6) is 0 Å². The van der Waals surface area contributed by atoms with Gasteiger partial charge in [0.1, 0.15) is 6.04 Å². The van der Waals surface area contributed by atoms with Crippen LogP contribution in [-0.2, 0) is 26.2 Å². The van der Waals surface area contributed by atoms with Gasteiger partial charge in [0.05, 0.1) is 28.6 Å². The van der Waals surface area contributed by atoms with Crippen LogP contribution in [0, 0.1) is 11.3 Å². The lowest BCUT2D eigenvalue weighted by atomic mass is 10.2. The standard InChI is InChI=1S/C22H16BrN3O4S2/c23-16-5-9-19(10-6-16)32(29,30)25(14-18-2-1-11-31-18)20-12-21(27)26(22(20)28)17-7-3-15(13-24)4-8-17/h1-11,20H,12,14H2. The third-order valence-electron chi connectivity index (χ3n) is 5.04. The van der Waals surface area contributed by atoms with E-state index in [2.05, 4.69) is 15.9 Å². The Labute approximate surface area is 197 Å². The summed E-state index contributed by atoms with van der Waals surface area (Å²) in [5.74, 6) is -1.11. The Hall–Kier alpha value is -2.84. The molecule has 1 atom stereocenters. The first kappa shape index (κ1) is 22.4. The molecule has 0 aliphatic carbocycles. The number of imide groups is 1. The fourth-order valence-electron chi connectivity index (χ4n) is 3.46. The molecule has 0 saturated carbocycles. The van der Waals surface area contributed by atoms with Crippen LogP contribution >= 0.6 is 27.3 Å². The van der Waals surface area contributed by atoms with E-state index in [9.17, 15) is 18.0 Å². The predicted octanol–water partition coefficient (Wildman–Crippen LogP) is 3.91. The minimum absolute atomic E-state index is 0.0268. The van der Waals surface area contributed by atoms with Gasteiger partial charge in [-0.15, -0.1) is 11.3 Å². The molecule has 1 aliphatic heterocycles. The van der Waals surface area contributed by atoms with Gasteiger partial charge in [0.2, 0.25) is 15.9 Å². The minimum Gasteiger partial charge on any atom is -0.274 e. The van der Waals surface area contributed by atoms with Gasteiger partial charge in [0.25, 0.3) is 5.91 Å². The second-order valence-electron chi connectivity index (χ2n) is 7.03. The van der Waals surface area contributed by atoms with Crippen LogP contribution in [0.2, 0.25) is 0 Å². The summed E-state index contributed by atoms with van der Waals surface area (Å²) in [5, 5.41) is 10.8. The lowest BCUT2D eigenvalue weighted by Crippen LogP contribution is -2.44. The molecule has 2 amide bonds. The van der Waals surface area contributed by atoms with Crippen LogP contribution in [-0.4, -0.2) is 30.6 Å². The van der Waals surface area contributed by atoms with Crippen molar-refractivity contribution in [3.05, 3.63) is 81.0 Å². The molecule has 162 valence electrons. The van der Waals surface area contributed by atoms with Crippen LogP contribution < -0.4 is 4.90 Å². The molecule has 3 aromatic rings. The normalized spacial score (nSPS) is 16.5. The molecule has 1 aliphatic rings. The summed E-state index contributed by atoms with van der Waals surface area (Å²) in [4.78, 5) is 27.9. The second kappa shape index (κ2) is 8.96. The molecule has 0 radical (unpaired) electrons.